The van der Waals surface area contributed by atoms with Crippen molar-refractivity contribution in [1.82, 2.24) is 4.57 Å². The van der Waals surface area contributed by atoms with Crippen molar-refractivity contribution in [2.45, 2.75) is 12.8 Å². The fourth-order valence-electron chi connectivity index (χ4n) is 10.0. The molecule has 0 N–H and O–H groups in total. The van der Waals surface area contributed by atoms with Crippen LogP contribution in [0.25, 0.3) is 72.0 Å². The Morgan fingerprint density at radius 2 is 0.719 bits per heavy atom. The third-order valence-corrected chi connectivity index (χ3v) is 13.1. The van der Waals surface area contributed by atoms with E-state index in [-0.39, 0.29) is 0 Å². The topological polar surface area (TPSA) is 8.17 Å². The van der Waals surface area contributed by atoms with E-state index in [1.165, 1.54) is 94.3 Å². The third kappa shape index (κ3) is 6.68. The molecule has 1 aliphatic rings. The number of hydrogen-bond acceptors (Lipinski definition) is 1. The second kappa shape index (κ2) is 15.9. The standard InChI is InChI=1S/C62H44N2/c1-3-15-43(16-4-1)44-27-32-52(33-28-44)63(53-34-29-45(30-35-53)46-31-38-62-60(42-46)59-25-13-14-26-61(59)64(62)51-20-5-2-6-21-51)54-36-37-58-50(41-54)40-49-19-9-11-23-56(49)55-22-10-7-17-47(55)39-48-18-8-12-24-57(48)58/h1-38,41-42H,39-40H2. The van der Waals surface area contributed by atoms with Gasteiger partial charge in [0.2, 0.25) is 0 Å². The maximum absolute atomic E-state index is 2.44. The maximum Gasteiger partial charge on any atom is 0.0541 e. The van der Waals surface area contributed by atoms with Crippen molar-refractivity contribution in [3.8, 4) is 50.2 Å². The number of rotatable bonds is 6. The fraction of sp³-hybridized carbons (Fsp3) is 0.0323. The lowest BCUT2D eigenvalue weighted by Gasteiger charge is -2.28. The lowest BCUT2D eigenvalue weighted by Crippen LogP contribution is -2.11. The van der Waals surface area contributed by atoms with E-state index in [0.29, 0.717) is 0 Å². The molecular weight excluding hydrogens is 773 g/mol. The molecule has 1 aromatic heterocycles. The van der Waals surface area contributed by atoms with Gasteiger partial charge in [-0.2, -0.15) is 0 Å². The van der Waals surface area contributed by atoms with E-state index in [1.54, 1.807) is 0 Å². The first kappa shape index (κ1) is 37.6. The zero-order valence-electron chi connectivity index (χ0n) is 35.4. The molecule has 10 aromatic carbocycles. The Morgan fingerprint density at radius 1 is 0.281 bits per heavy atom. The molecule has 11 aromatic rings. The lowest BCUT2D eigenvalue weighted by atomic mass is 9.84. The van der Waals surface area contributed by atoms with Crippen LogP contribution in [0.5, 0.6) is 0 Å². The average Bonchev–Trinajstić information content (AvgIpc) is 3.69. The Kier molecular flexibility index (Phi) is 9.34. The first-order chi connectivity index (χ1) is 31.7. The van der Waals surface area contributed by atoms with E-state index >= 15 is 0 Å². The molecule has 0 amide bonds. The number of fused-ring (bicyclic) bond motifs is 9. The Labute approximate surface area is 374 Å². The summed E-state index contributed by atoms with van der Waals surface area (Å²) >= 11 is 0. The Morgan fingerprint density at radius 3 is 1.34 bits per heavy atom. The summed E-state index contributed by atoms with van der Waals surface area (Å²) in [7, 11) is 0. The minimum Gasteiger partial charge on any atom is -0.310 e. The number of hydrogen-bond donors (Lipinski definition) is 0. The van der Waals surface area contributed by atoms with Gasteiger partial charge in [0.1, 0.15) is 0 Å². The van der Waals surface area contributed by atoms with Gasteiger partial charge >= 0.3 is 0 Å². The first-order valence-corrected chi connectivity index (χ1v) is 22.3. The van der Waals surface area contributed by atoms with Gasteiger partial charge in [-0.25, -0.2) is 0 Å². The van der Waals surface area contributed by atoms with Crippen molar-refractivity contribution >= 4 is 38.9 Å². The fourth-order valence-corrected chi connectivity index (χ4v) is 10.0. The molecule has 2 nitrogen and oxygen atoms in total. The van der Waals surface area contributed by atoms with Crippen molar-refractivity contribution in [3.63, 3.8) is 0 Å². The second-order valence-corrected chi connectivity index (χ2v) is 16.9. The Balaban J connectivity index is 0.985. The maximum atomic E-state index is 2.44. The van der Waals surface area contributed by atoms with E-state index in [2.05, 4.69) is 252 Å². The number of anilines is 3. The van der Waals surface area contributed by atoms with Gasteiger partial charge < -0.3 is 9.47 Å². The zero-order chi connectivity index (χ0) is 42.4. The second-order valence-electron chi connectivity index (χ2n) is 16.9. The van der Waals surface area contributed by atoms with Crippen molar-refractivity contribution < 1.29 is 0 Å². The van der Waals surface area contributed by atoms with Crippen molar-refractivity contribution in [3.05, 3.63) is 265 Å². The van der Waals surface area contributed by atoms with E-state index < -0.39 is 0 Å². The molecule has 0 spiro atoms. The van der Waals surface area contributed by atoms with E-state index in [1.807, 2.05) is 0 Å². The van der Waals surface area contributed by atoms with Crippen LogP contribution < -0.4 is 4.90 Å². The molecule has 0 fully saturated rings. The number of para-hydroxylation sites is 2. The van der Waals surface area contributed by atoms with Crippen LogP contribution in [0.4, 0.5) is 17.1 Å². The molecule has 2 heteroatoms. The molecule has 0 saturated heterocycles. The molecule has 0 atom stereocenters. The van der Waals surface area contributed by atoms with Crippen LogP contribution in [0.2, 0.25) is 0 Å². The van der Waals surface area contributed by atoms with Gasteiger partial charge in [0, 0.05) is 33.5 Å². The quantitative estimate of drug-likeness (QED) is 0.162. The summed E-state index contributed by atoms with van der Waals surface area (Å²) in [5, 5.41) is 2.50. The van der Waals surface area contributed by atoms with E-state index in [4.69, 9.17) is 0 Å². The Bertz CT molecular complexity index is 3470. The first-order valence-electron chi connectivity index (χ1n) is 22.3. The largest absolute Gasteiger partial charge is 0.310 e. The summed E-state index contributed by atoms with van der Waals surface area (Å²) in [6.07, 6.45) is 1.68. The van der Waals surface area contributed by atoms with Gasteiger partial charge in [0.05, 0.1) is 11.0 Å². The van der Waals surface area contributed by atoms with Gasteiger partial charge in [-0.3, -0.25) is 0 Å². The number of aromatic nitrogens is 1. The van der Waals surface area contributed by atoms with Crippen LogP contribution >= 0.6 is 0 Å². The minimum absolute atomic E-state index is 0.810. The molecule has 0 saturated carbocycles. The molecule has 64 heavy (non-hydrogen) atoms. The molecular formula is C62H44N2. The predicted octanol–water partition coefficient (Wildman–Crippen LogP) is 16.4. The summed E-state index contributed by atoms with van der Waals surface area (Å²) in [5.74, 6) is 0. The highest BCUT2D eigenvalue weighted by Gasteiger charge is 2.21. The summed E-state index contributed by atoms with van der Waals surface area (Å²) in [6.45, 7) is 0. The molecule has 12 rings (SSSR count). The molecule has 0 bridgehead atoms. The molecule has 1 aliphatic carbocycles. The molecule has 0 radical (unpaired) electrons. The highest BCUT2D eigenvalue weighted by atomic mass is 15.1. The van der Waals surface area contributed by atoms with Crippen LogP contribution in [-0.4, -0.2) is 4.57 Å². The van der Waals surface area contributed by atoms with Crippen molar-refractivity contribution in [1.29, 1.82) is 0 Å². The molecule has 302 valence electrons. The third-order valence-electron chi connectivity index (χ3n) is 13.1. The van der Waals surface area contributed by atoms with Crippen LogP contribution in [0.15, 0.2) is 243 Å². The molecule has 1 heterocycles. The molecule has 0 aliphatic heterocycles. The molecule has 0 unspecified atom stereocenters. The monoisotopic (exact) mass is 816 g/mol. The van der Waals surface area contributed by atoms with Gasteiger partial charge in [0.25, 0.3) is 0 Å². The predicted molar refractivity (Wildman–Crippen MR) is 269 cm³/mol. The van der Waals surface area contributed by atoms with Crippen molar-refractivity contribution in [2.75, 3.05) is 4.90 Å². The smallest absolute Gasteiger partial charge is 0.0541 e. The highest BCUT2D eigenvalue weighted by Crippen LogP contribution is 2.43. The van der Waals surface area contributed by atoms with Crippen LogP contribution in [0.3, 0.4) is 0 Å². The SMILES string of the molecule is c1ccc(-c2ccc(N(c3ccc(-c4ccc5c(c4)c4ccccc4n5-c4ccccc4)cc3)c3ccc4c(c3)Cc3ccccc3-c3ccccc3Cc3ccccc3-4)cc2)cc1. The summed E-state index contributed by atoms with van der Waals surface area (Å²) in [5.41, 5.74) is 22.2. The summed E-state index contributed by atoms with van der Waals surface area (Å²) < 4.78 is 2.38. The van der Waals surface area contributed by atoms with Gasteiger partial charge in [-0.15, -0.1) is 0 Å². The van der Waals surface area contributed by atoms with Gasteiger partial charge in [0.15, 0.2) is 0 Å². The van der Waals surface area contributed by atoms with Crippen LogP contribution in [0, 0.1) is 0 Å². The van der Waals surface area contributed by atoms with Crippen LogP contribution in [0.1, 0.15) is 22.3 Å². The van der Waals surface area contributed by atoms with Gasteiger partial charge in [-0.1, -0.05) is 176 Å². The number of nitrogens with zero attached hydrogens (tertiary/aromatic N) is 2. The lowest BCUT2D eigenvalue weighted by molar-refractivity contribution is 1.14. The van der Waals surface area contributed by atoms with E-state index in [0.717, 1.165) is 29.9 Å². The zero-order valence-corrected chi connectivity index (χ0v) is 35.4. The van der Waals surface area contributed by atoms with E-state index in [9.17, 15) is 0 Å². The average molecular weight is 817 g/mol. The van der Waals surface area contributed by atoms with Crippen molar-refractivity contribution in [2.24, 2.45) is 0 Å². The normalized spacial score (nSPS) is 11.9. The number of benzene rings is 10. The Hall–Kier alpha value is -8.20. The highest BCUT2D eigenvalue weighted by molar-refractivity contribution is 6.10. The minimum atomic E-state index is 0.810. The summed E-state index contributed by atoms with van der Waals surface area (Å²) in [6, 6.07) is 89.1. The summed E-state index contributed by atoms with van der Waals surface area (Å²) in [4.78, 5) is 2.42. The van der Waals surface area contributed by atoms with Crippen LogP contribution in [-0.2, 0) is 12.8 Å². The van der Waals surface area contributed by atoms with Gasteiger partial charge in [-0.05, 0) is 146 Å².